The van der Waals surface area contributed by atoms with Crippen molar-refractivity contribution in [1.29, 1.82) is 0 Å². The van der Waals surface area contributed by atoms with E-state index in [0.29, 0.717) is 6.54 Å². The topological polar surface area (TPSA) is 66.0 Å². The van der Waals surface area contributed by atoms with Gasteiger partial charge in [-0.3, -0.25) is 4.79 Å². The first kappa shape index (κ1) is 14.4. The molecule has 5 heteroatoms. The van der Waals surface area contributed by atoms with Gasteiger partial charge in [0.05, 0.1) is 11.7 Å². The number of nitrogens with zero attached hydrogens (tertiary/aromatic N) is 1. The number of hydrogen-bond donors (Lipinski definition) is 3. The van der Waals surface area contributed by atoms with Crippen molar-refractivity contribution in [2.75, 3.05) is 17.2 Å². The van der Waals surface area contributed by atoms with Crippen LogP contribution in [-0.2, 0) is 4.79 Å². The fourth-order valence-corrected chi connectivity index (χ4v) is 2.73. The van der Waals surface area contributed by atoms with E-state index in [1.807, 2.05) is 30.3 Å². The number of anilines is 2. The highest BCUT2D eigenvalue weighted by molar-refractivity contribution is 5.73. The zero-order valence-electron chi connectivity index (χ0n) is 12.5. The zero-order valence-corrected chi connectivity index (χ0v) is 12.5. The molecule has 0 fully saturated rings. The molecule has 0 aliphatic carbocycles. The van der Waals surface area contributed by atoms with Gasteiger partial charge in [0.1, 0.15) is 5.82 Å². The number of hydrogen-bond acceptors (Lipinski definition) is 4. The summed E-state index contributed by atoms with van der Waals surface area (Å²) in [6.45, 7) is 2.13. The lowest BCUT2D eigenvalue weighted by molar-refractivity contribution is -0.119. The summed E-state index contributed by atoms with van der Waals surface area (Å²) < 4.78 is 0. The van der Waals surface area contributed by atoms with Crippen LogP contribution in [0.3, 0.4) is 0 Å². The highest BCUT2D eigenvalue weighted by atomic mass is 16.1. The van der Waals surface area contributed by atoms with Crippen LogP contribution in [0.25, 0.3) is 0 Å². The maximum Gasteiger partial charge on any atom is 0.216 e. The second-order valence-corrected chi connectivity index (χ2v) is 5.52. The van der Waals surface area contributed by atoms with Gasteiger partial charge in [0, 0.05) is 25.7 Å². The summed E-state index contributed by atoms with van der Waals surface area (Å²) in [6.07, 6.45) is 2.64. The zero-order chi connectivity index (χ0) is 15.4. The van der Waals surface area contributed by atoms with Crippen LogP contribution in [0, 0.1) is 0 Å². The Balaban J connectivity index is 1.86. The first-order chi connectivity index (χ1) is 10.7. The van der Waals surface area contributed by atoms with Crippen LogP contribution in [0.5, 0.6) is 0 Å². The van der Waals surface area contributed by atoms with Crippen molar-refractivity contribution in [3.63, 3.8) is 0 Å². The third-order valence-corrected chi connectivity index (χ3v) is 3.80. The van der Waals surface area contributed by atoms with Gasteiger partial charge < -0.3 is 16.0 Å². The van der Waals surface area contributed by atoms with Gasteiger partial charge in [0.2, 0.25) is 5.91 Å². The van der Waals surface area contributed by atoms with Crippen molar-refractivity contribution in [2.45, 2.75) is 25.4 Å². The summed E-state index contributed by atoms with van der Waals surface area (Å²) in [5.41, 5.74) is 2.19. The predicted molar refractivity (Wildman–Crippen MR) is 87.8 cm³/mol. The van der Waals surface area contributed by atoms with Gasteiger partial charge in [0.25, 0.3) is 0 Å². The number of aromatic nitrogens is 1. The van der Waals surface area contributed by atoms with E-state index in [1.165, 1.54) is 5.56 Å². The van der Waals surface area contributed by atoms with E-state index < -0.39 is 0 Å². The Kier molecular flexibility index (Phi) is 4.23. The summed E-state index contributed by atoms with van der Waals surface area (Å²) in [6, 6.07) is 14.5. The maximum absolute atomic E-state index is 11.2. The Hall–Kier alpha value is -2.56. The average Bonchev–Trinajstić information content (AvgIpc) is 2.73. The lowest BCUT2D eigenvalue weighted by atomic mass is 9.99. The minimum absolute atomic E-state index is 0.0123. The van der Waals surface area contributed by atoms with Gasteiger partial charge in [-0.2, -0.15) is 0 Å². The molecule has 3 rings (SSSR count). The fraction of sp³-hybridized carbons (Fsp3) is 0.294. The number of pyridine rings is 1. The van der Waals surface area contributed by atoms with Gasteiger partial charge in [-0.25, -0.2) is 4.98 Å². The van der Waals surface area contributed by atoms with Crippen LogP contribution >= 0.6 is 0 Å². The Morgan fingerprint density at radius 2 is 2.05 bits per heavy atom. The predicted octanol–water partition coefficient (Wildman–Crippen LogP) is 2.56. The molecule has 0 radical (unpaired) electrons. The smallest absolute Gasteiger partial charge is 0.216 e. The molecular weight excluding hydrogens is 276 g/mol. The van der Waals surface area contributed by atoms with E-state index in [9.17, 15) is 4.79 Å². The van der Waals surface area contributed by atoms with Gasteiger partial charge in [0.15, 0.2) is 0 Å². The Bertz CT molecular complexity index is 644. The number of carbonyl (C=O) groups excluding carboxylic acids is 1. The van der Waals surface area contributed by atoms with Crippen molar-refractivity contribution in [3.8, 4) is 0 Å². The van der Waals surface area contributed by atoms with Gasteiger partial charge in [-0.05, 0) is 24.1 Å². The molecule has 1 aliphatic heterocycles. The van der Waals surface area contributed by atoms with Gasteiger partial charge >= 0.3 is 0 Å². The molecule has 0 spiro atoms. The highest BCUT2D eigenvalue weighted by Crippen LogP contribution is 2.31. The standard InChI is InChI=1S/C17H20N4O/c1-12(22)19-11-14-10-16(13-6-3-2-4-7-13)21-17-15(20-14)8-5-9-18-17/h2-9,14,16,20H,10-11H2,1H3,(H,18,21)(H,19,22). The quantitative estimate of drug-likeness (QED) is 0.814. The Labute approximate surface area is 130 Å². The van der Waals surface area contributed by atoms with Crippen LogP contribution in [0.4, 0.5) is 11.5 Å². The summed E-state index contributed by atoms with van der Waals surface area (Å²) >= 11 is 0. The monoisotopic (exact) mass is 296 g/mol. The third kappa shape index (κ3) is 3.36. The fourth-order valence-electron chi connectivity index (χ4n) is 2.73. The van der Waals surface area contributed by atoms with Gasteiger partial charge in [-0.1, -0.05) is 30.3 Å². The lowest BCUT2D eigenvalue weighted by Gasteiger charge is -2.22. The van der Waals surface area contributed by atoms with Crippen molar-refractivity contribution in [2.24, 2.45) is 0 Å². The molecule has 2 unspecified atom stereocenters. The van der Waals surface area contributed by atoms with E-state index in [0.717, 1.165) is 17.9 Å². The highest BCUT2D eigenvalue weighted by Gasteiger charge is 2.24. The summed E-state index contributed by atoms with van der Waals surface area (Å²) in [4.78, 5) is 15.6. The van der Waals surface area contributed by atoms with Crippen molar-refractivity contribution >= 4 is 17.4 Å². The van der Waals surface area contributed by atoms with Crippen molar-refractivity contribution in [1.82, 2.24) is 10.3 Å². The van der Waals surface area contributed by atoms with Crippen LogP contribution in [0.1, 0.15) is 24.9 Å². The van der Waals surface area contributed by atoms with Crippen molar-refractivity contribution in [3.05, 3.63) is 54.2 Å². The first-order valence-corrected chi connectivity index (χ1v) is 7.50. The molecule has 1 aromatic carbocycles. The lowest BCUT2D eigenvalue weighted by Crippen LogP contribution is -2.36. The molecule has 5 nitrogen and oxygen atoms in total. The van der Waals surface area contributed by atoms with E-state index in [-0.39, 0.29) is 18.0 Å². The molecule has 1 aromatic heterocycles. The molecule has 2 heterocycles. The molecule has 2 aromatic rings. The SMILES string of the molecule is CC(=O)NCC1CC(c2ccccc2)Nc2ncccc2N1. The van der Waals surface area contributed by atoms with E-state index in [1.54, 1.807) is 13.1 Å². The second-order valence-electron chi connectivity index (χ2n) is 5.52. The van der Waals surface area contributed by atoms with Gasteiger partial charge in [-0.15, -0.1) is 0 Å². The minimum atomic E-state index is -0.0123. The number of amides is 1. The molecular formula is C17H20N4O. The number of nitrogens with one attached hydrogen (secondary N) is 3. The minimum Gasteiger partial charge on any atom is -0.377 e. The number of benzene rings is 1. The normalized spacial score (nSPS) is 20.0. The first-order valence-electron chi connectivity index (χ1n) is 7.50. The average molecular weight is 296 g/mol. The van der Waals surface area contributed by atoms with E-state index in [2.05, 4.69) is 33.1 Å². The molecule has 2 atom stereocenters. The van der Waals surface area contributed by atoms with Crippen molar-refractivity contribution < 1.29 is 4.79 Å². The summed E-state index contributed by atoms with van der Waals surface area (Å²) in [5, 5.41) is 9.88. The molecule has 114 valence electrons. The van der Waals surface area contributed by atoms with Crippen LogP contribution in [0.15, 0.2) is 48.7 Å². The van der Waals surface area contributed by atoms with E-state index in [4.69, 9.17) is 0 Å². The Morgan fingerprint density at radius 1 is 1.23 bits per heavy atom. The summed E-state index contributed by atoms with van der Waals surface area (Å²) in [7, 11) is 0. The molecule has 1 aliphatic rings. The van der Waals surface area contributed by atoms with Crippen LogP contribution in [-0.4, -0.2) is 23.5 Å². The molecule has 1 amide bonds. The molecule has 0 saturated heterocycles. The molecule has 3 N–H and O–H groups in total. The molecule has 22 heavy (non-hydrogen) atoms. The Morgan fingerprint density at radius 3 is 2.82 bits per heavy atom. The number of rotatable bonds is 3. The number of carbonyl (C=O) groups is 1. The second kappa shape index (κ2) is 6.47. The third-order valence-electron chi connectivity index (χ3n) is 3.80. The molecule has 0 saturated carbocycles. The largest absolute Gasteiger partial charge is 0.377 e. The van der Waals surface area contributed by atoms with Crippen LogP contribution < -0.4 is 16.0 Å². The van der Waals surface area contributed by atoms with E-state index >= 15 is 0 Å². The molecule has 0 bridgehead atoms. The summed E-state index contributed by atoms with van der Waals surface area (Å²) in [5.74, 6) is 0.836. The maximum atomic E-state index is 11.2. The van der Waals surface area contributed by atoms with Crippen LogP contribution in [0.2, 0.25) is 0 Å². The number of fused-ring (bicyclic) bond motifs is 1.